The molecule has 5 nitrogen and oxygen atoms in total. The van der Waals surface area contributed by atoms with E-state index in [-0.39, 0.29) is 10.3 Å². The minimum absolute atomic E-state index is 0.0553. The summed E-state index contributed by atoms with van der Waals surface area (Å²) in [6, 6.07) is 4.95. The van der Waals surface area contributed by atoms with Crippen LogP contribution in [0.5, 0.6) is 11.5 Å². The van der Waals surface area contributed by atoms with Crippen molar-refractivity contribution in [3.8, 4) is 11.5 Å². The third-order valence-corrected chi connectivity index (χ3v) is 6.47. The third kappa shape index (κ3) is 3.46. The second kappa shape index (κ2) is 6.89. The van der Waals surface area contributed by atoms with Crippen molar-refractivity contribution >= 4 is 21.8 Å². The molecule has 0 amide bonds. The molecule has 0 bridgehead atoms. The molecule has 0 saturated carbocycles. The van der Waals surface area contributed by atoms with Crippen LogP contribution >= 0.6 is 11.8 Å². The zero-order valence-electron chi connectivity index (χ0n) is 12.5. The Morgan fingerprint density at radius 1 is 1.29 bits per heavy atom. The molecule has 1 aromatic carbocycles. The van der Waals surface area contributed by atoms with Crippen molar-refractivity contribution in [1.29, 1.82) is 0 Å². The second-order valence-electron chi connectivity index (χ2n) is 4.56. The topological polar surface area (TPSA) is 55.8 Å². The number of thioether (sulfide) groups is 1. The summed E-state index contributed by atoms with van der Waals surface area (Å²) in [4.78, 5) is 0.185. The number of hydrogen-bond donors (Lipinski definition) is 0. The minimum atomic E-state index is -3.57. The van der Waals surface area contributed by atoms with Gasteiger partial charge < -0.3 is 9.47 Å². The van der Waals surface area contributed by atoms with Gasteiger partial charge in [0.1, 0.15) is 16.4 Å². The van der Waals surface area contributed by atoms with Gasteiger partial charge in [0.25, 0.3) is 0 Å². The normalized spacial score (nSPS) is 19.7. The lowest BCUT2D eigenvalue weighted by Gasteiger charge is -2.22. The van der Waals surface area contributed by atoms with Gasteiger partial charge in [-0.05, 0) is 32.9 Å². The van der Waals surface area contributed by atoms with E-state index in [9.17, 15) is 8.42 Å². The van der Waals surface area contributed by atoms with Gasteiger partial charge in [0.15, 0.2) is 0 Å². The Labute approximate surface area is 130 Å². The first kappa shape index (κ1) is 16.5. The van der Waals surface area contributed by atoms with Crippen molar-refractivity contribution in [3.63, 3.8) is 0 Å². The molecule has 1 atom stereocenters. The fourth-order valence-corrected chi connectivity index (χ4v) is 5.42. The van der Waals surface area contributed by atoms with E-state index in [1.54, 1.807) is 30.0 Å². The van der Waals surface area contributed by atoms with E-state index < -0.39 is 10.0 Å². The first-order valence-electron chi connectivity index (χ1n) is 7.03. The van der Waals surface area contributed by atoms with Gasteiger partial charge in [-0.15, -0.1) is 11.8 Å². The molecule has 0 radical (unpaired) electrons. The van der Waals surface area contributed by atoms with Crippen LogP contribution in [-0.4, -0.2) is 43.6 Å². The summed E-state index contributed by atoms with van der Waals surface area (Å²) in [6.45, 7) is 7.04. The summed E-state index contributed by atoms with van der Waals surface area (Å²) < 4.78 is 38.2. The van der Waals surface area contributed by atoms with Gasteiger partial charge in [-0.2, -0.15) is 4.31 Å². The van der Waals surface area contributed by atoms with Gasteiger partial charge in [0.2, 0.25) is 10.0 Å². The molecule has 1 heterocycles. The van der Waals surface area contributed by atoms with Gasteiger partial charge in [0.05, 0.1) is 18.6 Å². The van der Waals surface area contributed by atoms with Gasteiger partial charge in [-0.1, -0.05) is 0 Å². The summed E-state index contributed by atoms with van der Waals surface area (Å²) in [5.74, 6) is 1.74. The molecule has 7 heteroatoms. The molecule has 21 heavy (non-hydrogen) atoms. The highest BCUT2D eigenvalue weighted by molar-refractivity contribution is 8.01. The lowest BCUT2D eigenvalue weighted by Crippen LogP contribution is -2.33. The Kier molecular flexibility index (Phi) is 5.40. The van der Waals surface area contributed by atoms with Crippen molar-refractivity contribution in [1.82, 2.24) is 4.31 Å². The van der Waals surface area contributed by atoms with Crippen molar-refractivity contribution in [3.05, 3.63) is 18.2 Å². The number of rotatable bonds is 6. The van der Waals surface area contributed by atoms with Crippen LogP contribution in [0.2, 0.25) is 0 Å². The van der Waals surface area contributed by atoms with Crippen LogP contribution < -0.4 is 9.47 Å². The third-order valence-electron chi connectivity index (χ3n) is 3.19. The van der Waals surface area contributed by atoms with Crippen molar-refractivity contribution < 1.29 is 17.9 Å². The lowest BCUT2D eigenvalue weighted by atomic mass is 10.3. The van der Waals surface area contributed by atoms with E-state index >= 15 is 0 Å². The minimum Gasteiger partial charge on any atom is -0.494 e. The molecular weight excluding hydrogens is 310 g/mol. The number of benzene rings is 1. The molecule has 0 spiro atoms. The van der Waals surface area contributed by atoms with Crippen LogP contribution in [0.1, 0.15) is 20.8 Å². The summed E-state index contributed by atoms with van der Waals surface area (Å²) in [7, 11) is -3.57. The molecule has 2 rings (SSSR count). The van der Waals surface area contributed by atoms with Crippen LogP contribution in [-0.2, 0) is 10.0 Å². The molecule has 118 valence electrons. The summed E-state index contributed by atoms with van der Waals surface area (Å²) in [5, 5.41) is -0.0553. The number of nitrogens with zero attached hydrogens (tertiary/aromatic N) is 1. The van der Waals surface area contributed by atoms with Crippen LogP contribution in [0.25, 0.3) is 0 Å². The zero-order chi connectivity index (χ0) is 15.5. The smallest absolute Gasteiger partial charge is 0.247 e. The van der Waals surface area contributed by atoms with Crippen LogP contribution in [0.4, 0.5) is 0 Å². The fraction of sp³-hybridized carbons (Fsp3) is 0.571. The first-order chi connectivity index (χ1) is 10.0. The average molecular weight is 331 g/mol. The maximum atomic E-state index is 12.9. The Morgan fingerprint density at radius 3 is 2.57 bits per heavy atom. The lowest BCUT2D eigenvalue weighted by molar-refractivity contribution is 0.320. The van der Waals surface area contributed by atoms with Gasteiger partial charge in [0, 0.05) is 18.4 Å². The number of ether oxygens (including phenoxy) is 2. The number of sulfonamides is 1. The molecule has 1 unspecified atom stereocenters. The Morgan fingerprint density at radius 2 is 2.00 bits per heavy atom. The highest BCUT2D eigenvalue weighted by Gasteiger charge is 2.35. The van der Waals surface area contributed by atoms with E-state index in [0.29, 0.717) is 31.3 Å². The fourth-order valence-electron chi connectivity index (χ4n) is 2.24. The van der Waals surface area contributed by atoms with Crippen molar-refractivity contribution in [2.45, 2.75) is 31.0 Å². The Balaban J connectivity index is 2.45. The summed E-state index contributed by atoms with van der Waals surface area (Å²) in [6.07, 6.45) is 0. The summed E-state index contributed by atoms with van der Waals surface area (Å²) in [5.41, 5.74) is 0. The van der Waals surface area contributed by atoms with Crippen molar-refractivity contribution in [2.24, 2.45) is 0 Å². The first-order valence-corrected chi connectivity index (χ1v) is 9.52. The van der Waals surface area contributed by atoms with Crippen LogP contribution in [0.3, 0.4) is 0 Å². The molecule has 0 aliphatic carbocycles. The van der Waals surface area contributed by atoms with E-state index in [4.69, 9.17) is 9.47 Å². The van der Waals surface area contributed by atoms with Crippen molar-refractivity contribution in [2.75, 3.05) is 25.5 Å². The average Bonchev–Trinajstić information content (AvgIpc) is 2.88. The quantitative estimate of drug-likeness (QED) is 0.802. The molecule has 0 aromatic heterocycles. The second-order valence-corrected chi connectivity index (χ2v) is 7.84. The Hall–Kier alpha value is -0.920. The molecule has 1 aliphatic rings. The van der Waals surface area contributed by atoms with Gasteiger partial charge in [-0.3, -0.25) is 0 Å². The Bertz CT molecular complexity index is 589. The maximum absolute atomic E-state index is 12.9. The standard InChI is InChI=1S/C14H21NO4S2/c1-4-18-12-6-7-13(19-5-2)14(10-12)21(16,17)15-8-9-20-11(15)3/h6-7,10-11H,4-5,8-9H2,1-3H3. The predicted molar refractivity (Wildman–Crippen MR) is 84.6 cm³/mol. The molecule has 1 aliphatic heterocycles. The van der Waals surface area contributed by atoms with E-state index in [2.05, 4.69) is 0 Å². The molecule has 1 aromatic rings. The highest BCUT2D eigenvalue weighted by Crippen LogP contribution is 2.35. The number of hydrogen-bond acceptors (Lipinski definition) is 5. The van der Waals surface area contributed by atoms with Gasteiger partial charge >= 0.3 is 0 Å². The maximum Gasteiger partial charge on any atom is 0.247 e. The summed E-state index contributed by atoms with van der Waals surface area (Å²) >= 11 is 1.64. The SMILES string of the molecule is CCOc1ccc(OCC)c(S(=O)(=O)N2CCSC2C)c1. The van der Waals surface area contributed by atoms with E-state index in [0.717, 1.165) is 5.75 Å². The largest absolute Gasteiger partial charge is 0.494 e. The highest BCUT2D eigenvalue weighted by atomic mass is 32.2. The molecule has 1 fully saturated rings. The van der Waals surface area contributed by atoms with E-state index in [1.165, 1.54) is 4.31 Å². The zero-order valence-corrected chi connectivity index (χ0v) is 14.2. The van der Waals surface area contributed by atoms with Crippen LogP contribution in [0, 0.1) is 0 Å². The van der Waals surface area contributed by atoms with Gasteiger partial charge in [-0.25, -0.2) is 8.42 Å². The van der Waals surface area contributed by atoms with E-state index in [1.807, 2.05) is 20.8 Å². The monoisotopic (exact) mass is 331 g/mol. The molecule has 0 N–H and O–H groups in total. The molecular formula is C14H21NO4S2. The molecule has 1 saturated heterocycles. The predicted octanol–water partition coefficient (Wildman–Crippen LogP) is 2.57. The van der Waals surface area contributed by atoms with Crippen LogP contribution in [0.15, 0.2) is 23.1 Å².